The zero-order valence-electron chi connectivity index (χ0n) is 9.66. The predicted octanol–water partition coefficient (Wildman–Crippen LogP) is 2.32. The molecule has 16 heavy (non-hydrogen) atoms. The van der Waals surface area contributed by atoms with E-state index in [2.05, 4.69) is 0 Å². The lowest BCUT2D eigenvalue weighted by molar-refractivity contribution is -0.109. The molecule has 1 aromatic rings. The van der Waals surface area contributed by atoms with Crippen LogP contribution in [0.25, 0.3) is 0 Å². The molecule has 0 bridgehead atoms. The Hall–Kier alpha value is -1.51. The quantitative estimate of drug-likeness (QED) is 0.714. The molecule has 0 N–H and O–H groups in total. The largest absolute Gasteiger partial charge is 0.493 e. The second kappa shape index (κ2) is 4.16. The Morgan fingerprint density at radius 2 is 2.12 bits per heavy atom. The number of aldehydes is 1. The third-order valence-corrected chi connectivity index (χ3v) is 3.05. The van der Waals surface area contributed by atoms with Crippen molar-refractivity contribution in [2.24, 2.45) is 0 Å². The standard InChI is InChI=1S/C13H16O3/c1-3-16-11-5-4-10(8-12(11)15-2)13(9-14)6-7-13/h4-5,8-9H,3,6-7H2,1-2H3. The number of hydrogen-bond acceptors (Lipinski definition) is 3. The fraction of sp³-hybridized carbons (Fsp3) is 0.462. The van der Waals surface area contributed by atoms with Gasteiger partial charge in [0.15, 0.2) is 11.5 Å². The van der Waals surface area contributed by atoms with Gasteiger partial charge in [-0.05, 0) is 37.5 Å². The van der Waals surface area contributed by atoms with Gasteiger partial charge in [0.1, 0.15) is 6.29 Å². The second-order valence-corrected chi connectivity index (χ2v) is 4.07. The number of methoxy groups -OCH3 is 1. The zero-order chi connectivity index (χ0) is 11.6. The van der Waals surface area contributed by atoms with Gasteiger partial charge in [0.05, 0.1) is 19.1 Å². The highest BCUT2D eigenvalue weighted by Crippen LogP contribution is 2.48. The topological polar surface area (TPSA) is 35.5 Å². The number of ether oxygens (including phenoxy) is 2. The molecule has 1 aliphatic carbocycles. The lowest BCUT2D eigenvalue weighted by atomic mass is 9.97. The first-order valence-electron chi connectivity index (χ1n) is 5.53. The first-order valence-corrected chi connectivity index (χ1v) is 5.53. The van der Waals surface area contributed by atoms with Crippen molar-refractivity contribution in [3.05, 3.63) is 23.8 Å². The Kier molecular flexibility index (Phi) is 2.86. The fourth-order valence-corrected chi connectivity index (χ4v) is 1.86. The maximum atomic E-state index is 11.0. The lowest BCUT2D eigenvalue weighted by Crippen LogP contribution is -2.08. The minimum absolute atomic E-state index is 0.252. The summed E-state index contributed by atoms with van der Waals surface area (Å²) in [7, 11) is 1.61. The molecular formula is C13H16O3. The molecule has 1 aromatic carbocycles. The van der Waals surface area contributed by atoms with Crippen LogP contribution in [-0.2, 0) is 10.2 Å². The van der Waals surface area contributed by atoms with Gasteiger partial charge in [-0.3, -0.25) is 0 Å². The van der Waals surface area contributed by atoms with E-state index in [0.717, 1.165) is 30.4 Å². The van der Waals surface area contributed by atoms with Crippen LogP contribution in [0.3, 0.4) is 0 Å². The van der Waals surface area contributed by atoms with Crippen LogP contribution < -0.4 is 9.47 Å². The molecular weight excluding hydrogens is 204 g/mol. The Balaban J connectivity index is 2.33. The molecule has 3 heteroatoms. The number of hydrogen-bond donors (Lipinski definition) is 0. The van der Waals surface area contributed by atoms with Gasteiger partial charge in [-0.15, -0.1) is 0 Å². The van der Waals surface area contributed by atoms with Gasteiger partial charge in [0.25, 0.3) is 0 Å². The maximum absolute atomic E-state index is 11.0. The molecule has 0 atom stereocenters. The van der Waals surface area contributed by atoms with Crippen LogP contribution in [0.4, 0.5) is 0 Å². The van der Waals surface area contributed by atoms with Gasteiger partial charge in [-0.25, -0.2) is 0 Å². The summed E-state index contributed by atoms with van der Waals surface area (Å²) in [5.74, 6) is 1.43. The number of benzene rings is 1. The van der Waals surface area contributed by atoms with Gasteiger partial charge in [-0.1, -0.05) is 6.07 Å². The average Bonchev–Trinajstić information content (AvgIpc) is 3.11. The van der Waals surface area contributed by atoms with E-state index in [9.17, 15) is 4.79 Å². The molecule has 0 heterocycles. The van der Waals surface area contributed by atoms with Gasteiger partial charge < -0.3 is 14.3 Å². The molecule has 0 saturated heterocycles. The minimum Gasteiger partial charge on any atom is -0.493 e. The second-order valence-electron chi connectivity index (χ2n) is 4.07. The van der Waals surface area contributed by atoms with Crippen molar-refractivity contribution in [3.8, 4) is 11.5 Å². The van der Waals surface area contributed by atoms with Crippen LogP contribution in [0.5, 0.6) is 11.5 Å². The van der Waals surface area contributed by atoms with Crippen LogP contribution in [0.1, 0.15) is 25.3 Å². The molecule has 86 valence electrons. The molecule has 0 unspecified atom stereocenters. The van der Waals surface area contributed by atoms with E-state index in [1.807, 2.05) is 25.1 Å². The van der Waals surface area contributed by atoms with E-state index in [-0.39, 0.29) is 5.41 Å². The zero-order valence-corrected chi connectivity index (χ0v) is 9.66. The predicted molar refractivity (Wildman–Crippen MR) is 61.1 cm³/mol. The summed E-state index contributed by atoms with van der Waals surface area (Å²) < 4.78 is 10.7. The third kappa shape index (κ3) is 1.77. The number of rotatable bonds is 5. The van der Waals surface area contributed by atoms with Crippen molar-refractivity contribution in [3.63, 3.8) is 0 Å². The molecule has 0 radical (unpaired) electrons. The summed E-state index contributed by atoms with van der Waals surface area (Å²) in [5.41, 5.74) is 0.778. The van der Waals surface area contributed by atoms with Gasteiger partial charge in [0, 0.05) is 0 Å². The smallest absolute Gasteiger partial charge is 0.161 e. The Bertz CT molecular complexity index is 394. The van der Waals surface area contributed by atoms with E-state index in [1.165, 1.54) is 0 Å². The summed E-state index contributed by atoms with van der Waals surface area (Å²) in [6.07, 6.45) is 2.92. The number of carbonyl (C=O) groups excluding carboxylic acids is 1. The van der Waals surface area contributed by atoms with Crippen molar-refractivity contribution in [1.82, 2.24) is 0 Å². The molecule has 2 rings (SSSR count). The minimum atomic E-state index is -0.252. The third-order valence-electron chi connectivity index (χ3n) is 3.05. The molecule has 1 fully saturated rings. The van der Waals surface area contributed by atoms with E-state index < -0.39 is 0 Å². The van der Waals surface area contributed by atoms with Crippen molar-refractivity contribution in [2.45, 2.75) is 25.2 Å². The average molecular weight is 220 g/mol. The van der Waals surface area contributed by atoms with Gasteiger partial charge >= 0.3 is 0 Å². The van der Waals surface area contributed by atoms with E-state index >= 15 is 0 Å². The van der Waals surface area contributed by atoms with Crippen molar-refractivity contribution >= 4 is 6.29 Å². The first kappa shape index (κ1) is 11.0. The fourth-order valence-electron chi connectivity index (χ4n) is 1.86. The molecule has 1 saturated carbocycles. The monoisotopic (exact) mass is 220 g/mol. The summed E-state index contributed by atoms with van der Waals surface area (Å²) in [6, 6.07) is 5.74. The highest BCUT2D eigenvalue weighted by atomic mass is 16.5. The van der Waals surface area contributed by atoms with Crippen molar-refractivity contribution < 1.29 is 14.3 Å². The van der Waals surface area contributed by atoms with Crippen LogP contribution in [0.15, 0.2) is 18.2 Å². The molecule has 0 amide bonds. The van der Waals surface area contributed by atoms with Gasteiger partial charge in [-0.2, -0.15) is 0 Å². The lowest BCUT2D eigenvalue weighted by Gasteiger charge is -2.13. The van der Waals surface area contributed by atoms with Crippen LogP contribution in [0, 0.1) is 0 Å². The summed E-state index contributed by atoms with van der Waals surface area (Å²) >= 11 is 0. The summed E-state index contributed by atoms with van der Waals surface area (Å²) in [5, 5.41) is 0. The number of carbonyl (C=O) groups is 1. The Morgan fingerprint density at radius 1 is 1.38 bits per heavy atom. The molecule has 0 aromatic heterocycles. The summed E-state index contributed by atoms with van der Waals surface area (Å²) in [6.45, 7) is 2.54. The maximum Gasteiger partial charge on any atom is 0.161 e. The Morgan fingerprint density at radius 3 is 2.62 bits per heavy atom. The summed E-state index contributed by atoms with van der Waals surface area (Å²) in [4.78, 5) is 11.0. The van der Waals surface area contributed by atoms with Gasteiger partial charge in [0.2, 0.25) is 0 Å². The van der Waals surface area contributed by atoms with E-state index in [0.29, 0.717) is 12.4 Å². The van der Waals surface area contributed by atoms with Crippen LogP contribution >= 0.6 is 0 Å². The van der Waals surface area contributed by atoms with Crippen molar-refractivity contribution in [2.75, 3.05) is 13.7 Å². The van der Waals surface area contributed by atoms with Crippen molar-refractivity contribution in [1.29, 1.82) is 0 Å². The Labute approximate surface area is 95.4 Å². The molecule has 1 aliphatic rings. The molecule has 0 aliphatic heterocycles. The van der Waals surface area contributed by atoms with Crippen LogP contribution in [0.2, 0.25) is 0 Å². The molecule has 0 spiro atoms. The van der Waals surface area contributed by atoms with Crippen LogP contribution in [-0.4, -0.2) is 20.0 Å². The first-order chi connectivity index (χ1) is 7.75. The van der Waals surface area contributed by atoms with E-state index in [4.69, 9.17) is 9.47 Å². The highest BCUT2D eigenvalue weighted by Gasteiger charge is 2.44. The highest BCUT2D eigenvalue weighted by molar-refractivity contribution is 5.73. The normalized spacial score (nSPS) is 16.6. The van der Waals surface area contributed by atoms with E-state index in [1.54, 1.807) is 7.11 Å². The molecule has 3 nitrogen and oxygen atoms in total. The SMILES string of the molecule is CCOc1ccc(C2(C=O)CC2)cc1OC.